The fourth-order valence-electron chi connectivity index (χ4n) is 1.92. The van der Waals surface area contributed by atoms with E-state index in [0.29, 0.717) is 11.7 Å². The van der Waals surface area contributed by atoms with E-state index in [0.717, 1.165) is 24.2 Å². The van der Waals surface area contributed by atoms with E-state index >= 15 is 0 Å². The summed E-state index contributed by atoms with van der Waals surface area (Å²) < 4.78 is 14.5. The zero-order chi connectivity index (χ0) is 13.4. The van der Waals surface area contributed by atoms with Crippen molar-refractivity contribution in [2.45, 2.75) is 25.8 Å². The molecule has 3 rings (SSSR count). The Labute approximate surface area is 110 Å². The summed E-state index contributed by atoms with van der Waals surface area (Å²) in [6.45, 7) is 1.87. The van der Waals surface area contributed by atoms with E-state index in [-0.39, 0.29) is 11.7 Å². The number of rotatable bonds is 3. The Kier molecular flexibility index (Phi) is 2.81. The number of hydrogen-bond acceptors (Lipinski definition) is 2. The van der Waals surface area contributed by atoms with Crippen molar-refractivity contribution in [3.8, 4) is 5.69 Å². The second-order valence-electron chi connectivity index (χ2n) is 4.81. The first-order chi connectivity index (χ1) is 9.13. The van der Waals surface area contributed by atoms with Crippen molar-refractivity contribution in [1.29, 1.82) is 0 Å². The van der Waals surface area contributed by atoms with Gasteiger partial charge < -0.3 is 5.32 Å². The highest BCUT2D eigenvalue weighted by atomic mass is 19.1. The molecule has 19 heavy (non-hydrogen) atoms. The third-order valence-electron chi connectivity index (χ3n) is 3.10. The first kappa shape index (κ1) is 11.9. The highest BCUT2D eigenvalue weighted by Crippen LogP contribution is 2.19. The smallest absolute Gasteiger partial charge is 0.272 e. The minimum absolute atomic E-state index is 0.147. The molecule has 1 fully saturated rings. The Bertz CT molecular complexity index is 614. The van der Waals surface area contributed by atoms with E-state index in [1.54, 1.807) is 22.9 Å². The molecule has 0 saturated heterocycles. The van der Waals surface area contributed by atoms with Crippen molar-refractivity contribution in [1.82, 2.24) is 15.1 Å². The van der Waals surface area contributed by atoms with Crippen molar-refractivity contribution in [2.75, 3.05) is 0 Å². The highest BCUT2D eigenvalue weighted by Gasteiger charge is 2.25. The van der Waals surface area contributed by atoms with Crippen LogP contribution in [0.15, 0.2) is 30.3 Å². The largest absolute Gasteiger partial charge is 0.348 e. The molecule has 1 aromatic heterocycles. The number of carbonyl (C=O) groups is 1. The van der Waals surface area contributed by atoms with E-state index in [1.165, 1.54) is 12.1 Å². The molecule has 1 aliphatic rings. The summed E-state index contributed by atoms with van der Waals surface area (Å²) in [6.07, 6.45) is 2.09. The average molecular weight is 259 g/mol. The van der Waals surface area contributed by atoms with Crippen LogP contribution in [0.5, 0.6) is 0 Å². The lowest BCUT2D eigenvalue weighted by atomic mass is 10.3. The molecule has 0 radical (unpaired) electrons. The van der Waals surface area contributed by atoms with Gasteiger partial charge in [-0.05, 0) is 50.1 Å². The molecule has 1 aromatic carbocycles. The molecule has 0 aliphatic heterocycles. The standard InChI is InChI=1S/C14H14FN3O/c1-9-8-13(14(19)16-11-4-5-11)17-18(9)12-6-2-10(15)3-7-12/h2-3,6-8,11H,4-5H2,1H3,(H,16,19). The first-order valence-electron chi connectivity index (χ1n) is 6.27. The molecule has 98 valence electrons. The molecule has 2 aromatic rings. The van der Waals surface area contributed by atoms with Gasteiger partial charge in [-0.25, -0.2) is 9.07 Å². The number of benzene rings is 1. The predicted octanol–water partition coefficient (Wildman–Crippen LogP) is 2.21. The van der Waals surface area contributed by atoms with Crippen LogP contribution in [0.4, 0.5) is 4.39 Å². The van der Waals surface area contributed by atoms with E-state index in [4.69, 9.17) is 0 Å². The molecule has 4 nitrogen and oxygen atoms in total. The highest BCUT2D eigenvalue weighted by molar-refractivity contribution is 5.92. The second-order valence-corrected chi connectivity index (χ2v) is 4.81. The van der Waals surface area contributed by atoms with Crippen LogP contribution in [0, 0.1) is 12.7 Å². The number of nitrogens with one attached hydrogen (secondary N) is 1. The molecule has 1 N–H and O–H groups in total. The van der Waals surface area contributed by atoms with Crippen LogP contribution >= 0.6 is 0 Å². The number of halogens is 1. The zero-order valence-electron chi connectivity index (χ0n) is 10.6. The number of carbonyl (C=O) groups excluding carboxylic acids is 1. The Hall–Kier alpha value is -2.17. The van der Waals surface area contributed by atoms with Crippen molar-refractivity contribution >= 4 is 5.91 Å². The van der Waals surface area contributed by atoms with Crippen LogP contribution < -0.4 is 5.32 Å². The van der Waals surface area contributed by atoms with Crippen LogP contribution in [0.25, 0.3) is 5.69 Å². The SMILES string of the molecule is Cc1cc(C(=O)NC2CC2)nn1-c1ccc(F)cc1. The summed E-state index contributed by atoms with van der Waals surface area (Å²) in [4.78, 5) is 11.9. The molecule has 0 unspecified atom stereocenters. The van der Waals surface area contributed by atoms with E-state index < -0.39 is 0 Å². The van der Waals surface area contributed by atoms with Gasteiger partial charge in [-0.2, -0.15) is 5.10 Å². The minimum Gasteiger partial charge on any atom is -0.348 e. The van der Waals surface area contributed by atoms with Crippen molar-refractivity contribution in [2.24, 2.45) is 0 Å². The molecule has 1 amide bonds. The van der Waals surface area contributed by atoms with Gasteiger partial charge in [-0.1, -0.05) is 0 Å². The van der Waals surface area contributed by atoms with Gasteiger partial charge in [-0.15, -0.1) is 0 Å². The second kappa shape index (κ2) is 4.50. The molecule has 0 atom stereocenters. The van der Waals surface area contributed by atoms with Crippen LogP contribution in [-0.4, -0.2) is 21.7 Å². The molecular formula is C14H14FN3O. The van der Waals surface area contributed by atoms with Gasteiger partial charge >= 0.3 is 0 Å². The Morgan fingerprint density at radius 1 is 1.37 bits per heavy atom. The van der Waals surface area contributed by atoms with E-state index in [9.17, 15) is 9.18 Å². The Morgan fingerprint density at radius 2 is 2.05 bits per heavy atom. The summed E-state index contributed by atoms with van der Waals surface area (Å²) in [6, 6.07) is 8.07. The zero-order valence-corrected chi connectivity index (χ0v) is 10.6. The summed E-state index contributed by atoms with van der Waals surface area (Å²) in [5.74, 6) is -0.438. The van der Waals surface area contributed by atoms with Crippen LogP contribution in [0.2, 0.25) is 0 Å². The number of nitrogens with zero attached hydrogens (tertiary/aromatic N) is 2. The lowest BCUT2D eigenvalue weighted by Gasteiger charge is -2.03. The minimum atomic E-state index is -0.291. The number of amides is 1. The predicted molar refractivity (Wildman–Crippen MR) is 68.7 cm³/mol. The Morgan fingerprint density at radius 3 is 2.68 bits per heavy atom. The van der Waals surface area contributed by atoms with Gasteiger partial charge in [0.25, 0.3) is 5.91 Å². The monoisotopic (exact) mass is 259 g/mol. The van der Waals surface area contributed by atoms with Crippen LogP contribution in [0.3, 0.4) is 0 Å². The summed E-state index contributed by atoms with van der Waals surface area (Å²) in [5, 5.41) is 7.17. The van der Waals surface area contributed by atoms with E-state index in [2.05, 4.69) is 10.4 Å². The maximum Gasteiger partial charge on any atom is 0.272 e. The van der Waals surface area contributed by atoms with Crippen LogP contribution in [-0.2, 0) is 0 Å². The molecule has 5 heteroatoms. The van der Waals surface area contributed by atoms with E-state index in [1.807, 2.05) is 6.92 Å². The fraction of sp³-hybridized carbons (Fsp3) is 0.286. The number of aromatic nitrogens is 2. The summed E-state index contributed by atoms with van der Waals surface area (Å²) in [5.41, 5.74) is 1.98. The van der Waals surface area contributed by atoms with Gasteiger partial charge in [0.05, 0.1) is 5.69 Å². The first-order valence-corrected chi connectivity index (χ1v) is 6.27. The third kappa shape index (κ3) is 2.50. The van der Waals surface area contributed by atoms with Gasteiger partial charge in [0.1, 0.15) is 5.82 Å². The maximum atomic E-state index is 12.9. The van der Waals surface area contributed by atoms with Gasteiger partial charge in [0.15, 0.2) is 5.69 Å². The summed E-state index contributed by atoms with van der Waals surface area (Å²) in [7, 11) is 0. The fourth-order valence-corrected chi connectivity index (χ4v) is 1.92. The molecule has 0 bridgehead atoms. The van der Waals surface area contributed by atoms with Crippen molar-refractivity contribution in [3.05, 3.63) is 47.5 Å². The topological polar surface area (TPSA) is 46.9 Å². The van der Waals surface area contributed by atoms with Crippen molar-refractivity contribution in [3.63, 3.8) is 0 Å². The Balaban J connectivity index is 1.87. The van der Waals surface area contributed by atoms with Crippen LogP contribution in [0.1, 0.15) is 29.0 Å². The average Bonchev–Trinajstić information content (AvgIpc) is 3.11. The third-order valence-corrected chi connectivity index (χ3v) is 3.10. The normalized spacial score (nSPS) is 14.4. The molecule has 1 aliphatic carbocycles. The molecule has 1 heterocycles. The lowest BCUT2D eigenvalue weighted by molar-refractivity contribution is 0.0945. The number of hydrogen-bond donors (Lipinski definition) is 1. The quantitative estimate of drug-likeness (QED) is 0.918. The van der Waals surface area contributed by atoms with Crippen molar-refractivity contribution < 1.29 is 9.18 Å². The van der Waals surface area contributed by atoms with Gasteiger partial charge in [0, 0.05) is 11.7 Å². The molecule has 1 saturated carbocycles. The van der Waals surface area contributed by atoms with Gasteiger partial charge in [-0.3, -0.25) is 4.79 Å². The molecular weight excluding hydrogens is 245 g/mol. The lowest BCUT2D eigenvalue weighted by Crippen LogP contribution is -2.25. The maximum absolute atomic E-state index is 12.9. The number of aryl methyl sites for hydroxylation is 1. The molecule has 0 spiro atoms. The van der Waals surface area contributed by atoms with Gasteiger partial charge in [0.2, 0.25) is 0 Å². The summed E-state index contributed by atoms with van der Waals surface area (Å²) >= 11 is 0.